The maximum atomic E-state index is 14.4. The molecular weight excluding hydrogens is 458 g/mol. The van der Waals surface area contributed by atoms with E-state index in [0.717, 1.165) is 6.42 Å². The summed E-state index contributed by atoms with van der Waals surface area (Å²) in [6, 6.07) is -1.57. The predicted octanol–water partition coefficient (Wildman–Crippen LogP) is 2.62. The molecule has 2 unspecified atom stereocenters. The molecule has 8 heteroatoms. The Labute approximate surface area is 216 Å². The minimum absolute atomic E-state index is 0.0358. The summed E-state index contributed by atoms with van der Waals surface area (Å²) in [4.78, 5) is 47.4. The summed E-state index contributed by atoms with van der Waals surface area (Å²) < 4.78 is 6.84. The molecule has 3 fully saturated rings. The molecule has 0 aliphatic carbocycles. The molecule has 202 valence electrons. The molecule has 0 aromatic heterocycles. The molecule has 0 radical (unpaired) electrons. The lowest BCUT2D eigenvalue weighted by Gasteiger charge is -2.42. The molecule has 0 saturated carbocycles. The Morgan fingerprint density at radius 3 is 2.31 bits per heavy atom. The van der Waals surface area contributed by atoms with E-state index in [4.69, 9.17) is 4.74 Å². The molecule has 3 amide bonds. The van der Waals surface area contributed by atoms with Gasteiger partial charge in [0, 0.05) is 26.2 Å². The number of amides is 3. The van der Waals surface area contributed by atoms with Crippen molar-refractivity contribution in [2.75, 3.05) is 26.7 Å². The number of fused-ring (bicyclic) bond motifs is 1. The fraction of sp³-hybridized carbons (Fsp3) is 0.750. The maximum Gasteiger partial charge on any atom is 0.248 e. The van der Waals surface area contributed by atoms with Crippen LogP contribution in [0, 0.1) is 17.8 Å². The third kappa shape index (κ3) is 4.10. The monoisotopic (exact) mass is 503 g/mol. The number of aliphatic hydroxyl groups is 1. The Morgan fingerprint density at radius 1 is 1.17 bits per heavy atom. The minimum atomic E-state index is -1.10. The summed E-state index contributed by atoms with van der Waals surface area (Å²) in [7, 11) is 1.71. The van der Waals surface area contributed by atoms with Gasteiger partial charge in [-0.25, -0.2) is 0 Å². The largest absolute Gasteiger partial charge is 0.394 e. The van der Waals surface area contributed by atoms with Gasteiger partial charge < -0.3 is 24.5 Å². The first-order valence-electron chi connectivity index (χ1n) is 13.4. The van der Waals surface area contributed by atoms with E-state index < -0.39 is 35.1 Å². The van der Waals surface area contributed by atoms with E-state index >= 15 is 0 Å². The molecule has 3 aliphatic heterocycles. The maximum absolute atomic E-state index is 14.4. The van der Waals surface area contributed by atoms with Crippen LogP contribution in [0.15, 0.2) is 25.3 Å². The number of hydrogen-bond acceptors (Lipinski definition) is 5. The first-order chi connectivity index (χ1) is 17.0. The Kier molecular flexibility index (Phi) is 8.40. The van der Waals surface area contributed by atoms with Crippen LogP contribution in [0.1, 0.15) is 60.3 Å². The minimum Gasteiger partial charge on any atom is -0.394 e. The highest BCUT2D eigenvalue weighted by Crippen LogP contribution is 2.65. The van der Waals surface area contributed by atoms with Crippen LogP contribution in [0.25, 0.3) is 0 Å². The molecule has 1 spiro atoms. The third-order valence-electron chi connectivity index (χ3n) is 8.98. The zero-order valence-corrected chi connectivity index (χ0v) is 22.9. The van der Waals surface area contributed by atoms with Crippen molar-refractivity contribution in [1.29, 1.82) is 0 Å². The van der Waals surface area contributed by atoms with Crippen LogP contribution in [-0.2, 0) is 19.1 Å². The van der Waals surface area contributed by atoms with Gasteiger partial charge >= 0.3 is 0 Å². The van der Waals surface area contributed by atoms with E-state index in [1.807, 2.05) is 34.6 Å². The van der Waals surface area contributed by atoms with Gasteiger partial charge in [-0.15, -0.1) is 13.2 Å². The molecular formula is C28H45N3O5. The van der Waals surface area contributed by atoms with Crippen molar-refractivity contribution in [1.82, 2.24) is 14.7 Å². The third-order valence-corrected chi connectivity index (χ3v) is 8.98. The SMILES string of the molecule is C=CCN(C)C(=O)[C@H]1[C@H]2C(=O)N([C@@H](CO)[C@@H](C)CC)C(C(=O)N(CC=C)C(C)C)C23CC[C@]1(CC)O3. The molecule has 0 aromatic rings. The average Bonchev–Trinajstić information content (AvgIpc) is 3.46. The smallest absolute Gasteiger partial charge is 0.248 e. The fourth-order valence-electron chi connectivity index (χ4n) is 6.85. The van der Waals surface area contributed by atoms with E-state index in [1.165, 1.54) is 0 Å². The van der Waals surface area contributed by atoms with Crippen LogP contribution in [-0.4, -0.2) is 93.6 Å². The number of likely N-dealkylation sites (N-methyl/N-ethyl adjacent to an activating group) is 1. The van der Waals surface area contributed by atoms with Crippen molar-refractivity contribution in [3.8, 4) is 0 Å². The van der Waals surface area contributed by atoms with Crippen LogP contribution < -0.4 is 0 Å². The van der Waals surface area contributed by atoms with Crippen molar-refractivity contribution in [2.24, 2.45) is 17.8 Å². The Bertz CT molecular complexity index is 890. The fourth-order valence-corrected chi connectivity index (χ4v) is 6.85. The topological polar surface area (TPSA) is 90.4 Å². The van der Waals surface area contributed by atoms with Crippen molar-refractivity contribution in [3.05, 3.63) is 25.3 Å². The summed E-state index contributed by atoms with van der Waals surface area (Å²) in [6.07, 6.45) is 5.79. The first kappa shape index (κ1) is 28.4. The second-order valence-corrected chi connectivity index (χ2v) is 11.1. The molecule has 2 bridgehead atoms. The lowest BCUT2D eigenvalue weighted by atomic mass is 9.64. The van der Waals surface area contributed by atoms with Crippen LogP contribution in [0.3, 0.4) is 0 Å². The van der Waals surface area contributed by atoms with E-state index in [9.17, 15) is 19.5 Å². The number of hydrogen-bond donors (Lipinski definition) is 1. The summed E-state index contributed by atoms with van der Waals surface area (Å²) >= 11 is 0. The number of carbonyl (C=O) groups excluding carboxylic acids is 3. The van der Waals surface area contributed by atoms with Gasteiger partial charge in [0.25, 0.3) is 0 Å². The zero-order valence-electron chi connectivity index (χ0n) is 22.9. The lowest BCUT2D eigenvalue weighted by molar-refractivity contribution is -0.159. The van der Waals surface area contributed by atoms with Gasteiger partial charge in [0.1, 0.15) is 11.6 Å². The van der Waals surface area contributed by atoms with Crippen LogP contribution in [0.4, 0.5) is 0 Å². The Morgan fingerprint density at radius 2 is 1.81 bits per heavy atom. The highest BCUT2D eigenvalue weighted by Gasteiger charge is 2.79. The molecule has 1 N–H and O–H groups in total. The summed E-state index contributed by atoms with van der Waals surface area (Å²) in [5.74, 6) is -2.10. The van der Waals surface area contributed by atoms with Crippen molar-refractivity contribution >= 4 is 17.7 Å². The van der Waals surface area contributed by atoms with Crippen molar-refractivity contribution < 1.29 is 24.2 Å². The zero-order chi connectivity index (χ0) is 27.0. The van der Waals surface area contributed by atoms with Gasteiger partial charge in [0.05, 0.1) is 30.1 Å². The van der Waals surface area contributed by atoms with Gasteiger partial charge in [-0.1, -0.05) is 39.3 Å². The number of likely N-dealkylation sites (tertiary alicyclic amines) is 1. The van der Waals surface area contributed by atoms with Gasteiger partial charge in [-0.05, 0) is 39.0 Å². The second kappa shape index (κ2) is 10.7. The Balaban J connectivity index is 2.21. The predicted molar refractivity (Wildman–Crippen MR) is 139 cm³/mol. The summed E-state index contributed by atoms with van der Waals surface area (Å²) in [5, 5.41) is 10.5. The Hall–Kier alpha value is -2.19. The highest BCUT2D eigenvalue weighted by atomic mass is 16.5. The number of rotatable bonds is 12. The van der Waals surface area contributed by atoms with Gasteiger partial charge in [0.2, 0.25) is 17.7 Å². The van der Waals surface area contributed by atoms with E-state index in [2.05, 4.69) is 13.2 Å². The highest BCUT2D eigenvalue weighted by molar-refractivity contribution is 5.99. The number of aliphatic hydroxyl groups excluding tert-OH is 1. The van der Waals surface area contributed by atoms with Gasteiger partial charge in [-0.2, -0.15) is 0 Å². The molecule has 36 heavy (non-hydrogen) atoms. The van der Waals surface area contributed by atoms with Crippen molar-refractivity contribution in [2.45, 2.75) is 89.6 Å². The quantitative estimate of drug-likeness (QED) is 0.414. The summed E-state index contributed by atoms with van der Waals surface area (Å²) in [6.45, 7) is 17.9. The van der Waals surface area contributed by atoms with E-state index in [-0.39, 0.29) is 36.3 Å². The standard InChI is InChI=1S/C28H45N3O5/c1-9-15-29(8)24(33)21-22-25(34)31(20(17-32)19(7)11-3)23(26(35)30(16-10-2)18(5)6)28(22)14-13-27(21,12-4)36-28/h9-10,18-23,32H,1-2,11-17H2,3-8H3/t19-,20-,21+,22-,23?,27-,28?/m0/s1. The van der Waals surface area contributed by atoms with Crippen LogP contribution in [0.2, 0.25) is 0 Å². The number of ether oxygens (including phenoxy) is 1. The number of nitrogens with zero attached hydrogens (tertiary/aromatic N) is 3. The molecule has 3 aliphatic rings. The second-order valence-electron chi connectivity index (χ2n) is 11.1. The average molecular weight is 504 g/mol. The van der Waals surface area contributed by atoms with Crippen LogP contribution in [0.5, 0.6) is 0 Å². The molecule has 3 saturated heterocycles. The van der Waals surface area contributed by atoms with Crippen molar-refractivity contribution in [3.63, 3.8) is 0 Å². The molecule has 3 heterocycles. The normalized spacial score (nSPS) is 32.4. The van der Waals surface area contributed by atoms with Crippen LogP contribution >= 0.6 is 0 Å². The molecule has 7 atom stereocenters. The summed E-state index contributed by atoms with van der Waals surface area (Å²) in [5.41, 5.74) is -1.89. The molecule has 3 rings (SSSR count). The van der Waals surface area contributed by atoms with E-state index in [0.29, 0.717) is 32.4 Å². The number of carbonyl (C=O) groups is 3. The molecule has 8 nitrogen and oxygen atoms in total. The molecule has 0 aromatic carbocycles. The van der Waals surface area contributed by atoms with E-state index in [1.54, 1.807) is 33.9 Å². The van der Waals surface area contributed by atoms with Gasteiger partial charge in [-0.3, -0.25) is 14.4 Å². The lowest BCUT2D eigenvalue weighted by Crippen LogP contribution is -2.60. The van der Waals surface area contributed by atoms with Gasteiger partial charge in [0.15, 0.2) is 0 Å². The first-order valence-corrected chi connectivity index (χ1v) is 13.4.